The van der Waals surface area contributed by atoms with Crippen molar-refractivity contribution in [3.63, 3.8) is 0 Å². The molecule has 0 N–H and O–H groups in total. The minimum absolute atomic E-state index is 0.217. The number of carbonyl (C=O) groups is 1. The molecule has 3 aliphatic rings. The Labute approximate surface area is 159 Å². The first-order valence-electron chi connectivity index (χ1n) is 9.42. The second-order valence-electron chi connectivity index (χ2n) is 7.23. The highest BCUT2D eigenvalue weighted by atomic mass is 35.5. The average Bonchev–Trinajstić information content (AvgIpc) is 3.11. The van der Waals surface area contributed by atoms with Crippen molar-refractivity contribution >= 4 is 23.2 Å². The zero-order valence-corrected chi connectivity index (χ0v) is 15.8. The van der Waals surface area contributed by atoms with Gasteiger partial charge in [-0.2, -0.15) is 0 Å². The van der Waals surface area contributed by atoms with Crippen molar-refractivity contribution in [2.45, 2.75) is 18.6 Å². The second-order valence-corrected chi connectivity index (χ2v) is 7.67. The van der Waals surface area contributed by atoms with Crippen molar-refractivity contribution in [1.29, 1.82) is 0 Å². The van der Waals surface area contributed by atoms with Crippen LogP contribution < -0.4 is 4.90 Å². The number of hydrogen-bond donors (Lipinski definition) is 0. The lowest BCUT2D eigenvalue weighted by atomic mass is 10.0. The molecular weight excluding hydrogens is 354 g/mol. The van der Waals surface area contributed by atoms with Gasteiger partial charge in [0.1, 0.15) is 0 Å². The molecule has 0 radical (unpaired) electrons. The van der Waals surface area contributed by atoms with E-state index in [1.807, 2.05) is 23.1 Å². The molecule has 0 saturated carbocycles. The van der Waals surface area contributed by atoms with Crippen LogP contribution in [0.3, 0.4) is 0 Å². The Kier molecular flexibility index (Phi) is 5.36. The molecule has 1 amide bonds. The van der Waals surface area contributed by atoms with Gasteiger partial charge in [-0.05, 0) is 18.2 Å². The predicted octanol–water partition coefficient (Wildman–Crippen LogP) is 1.83. The molecule has 0 aromatic heterocycles. The van der Waals surface area contributed by atoms with Gasteiger partial charge >= 0.3 is 0 Å². The molecule has 0 bridgehead atoms. The number of hydrogen-bond acceptors (Lipinski definition) is 5. The molecule has 0 atom stereocenters. The van der Waals surface area contributed by atoms with E-state index in [-0.39, 0.29) is 5.91 Å². The Morgan fingerprint density at radius 3 is 2.38 bits per heavy atom. The van der Waals surface area contributed by atoms with Gasteiger partial charge in [0.2, 0.25) is 5.91 Å². The first-order valence-corrected chi connectivity index (χ1v) is 9.80. The van der Waals surface area contributed by atoms with Gasteiger partial charge < -0.3 is 19.3 Å². The highest BCUT2D eigenvalue weighted by Gasteiger charge is 2.40. The van der Waals surface area contributed by atoms with E-state index in [1.54, 1.807) is 0 Å². The Hall–Kier alpha value is -1.34. The van der Waals surface area contributed by atoms with E-state index in [1.165, 1.54) is 0 Å². The summed E-state index contributed by atoms with van der Waals surface area (Å²) in [6, 6.07) is 7.96. The molecular formula is C19H26ClN3O3. The maximum atomic E-state index is 12.6. The van der Waals surface area contributed by atoms with E-state index in [9.17, 15) is 4.79 Å². The summed E-state index contributed by atoms with van der Waals surface area (Å²) in [7, 11) is 0. The molecule has 7 heteroatoms. The van der Waals surface area contributed by atoms with E-state index in [0.29, 0.717) is 19.8 Å². The van der Waals surface area contributed by atoms with Crippen LogP contribution in [0.2, 0.25) is 5.02 Å². The quantitative estimate of drug-likeness (QED) is 0.801. The summed E-state index contributed by atoms with van der Waals surface area (Å²) in [5.74, 6) is -0.201. The number of amides is 1. The average molecular weight is 380 g/mol. The molecule has 0 unspecified atom stereocenters. The Morgan fingerprint density at radius 2 is 1.73 bits per heavy atom. The van der Waals surface area contributed by atoms with E-state index < -0.39 is 5.79 Å². The lowest BCUT2D eigenvalue weighted by Crippen LogP contribution is -2.53. The van der Waals surface area contributed by atoms with Gasteiger partial charge in [-0.1, -0.05) is 17.7 Å². The van der Waals surface area contributed by atoms with Crippen LogP contribution in [-0.2, 0) is 14.3 Å². The smallest absolute Gasteiger partial charge is 0.236 e. The fourth-order valence-electron chi connectivity index (χ4n) is 4.01. The lowest BCUT2D eigenvalue weighted by molar-refractivity contribution is -0.187. The topological polar surface area (TPSA) is 45.3 Å². The van der Waals surface area contributed by atoms with Crippen molar-refractivity contribution in [3.8, 4) is 0 Å². The maximum absolute atomic E-state index is 12.6. The summed E-state index contributed by atoms with van der Waals surface area (Å²) in [5, 5.41) is 0.762. The first kappa shape index (κ1) is 18.0. The van der Waals surface area contributed by atoms with Crippen molar-refractivity contribution in [1.82, 2.24) is 9.80 Å². The molecule has 0 aliphatic carbocycles. The highest BCUT2D eigenvalue weighted by Crippen LogP contribution is 2.31. The fraction of sp³-hybridized carbons (Fsp3) is 0.632. The van der Waals surface area contributed by atoms with Gasteiger partial charge in [0.15, 0.2) is 5.79 Å². The van der Waals surface area contributed by atoms with Crippen LogP contribution in [-0.4, -0.2) is 80.5 Å². The number of piperidine rings is 1. The van der Waals surface area contributed by atoms with Crippen LogP contribution in [0.5, 0.6) is 0 Å². The van der Waals surface area contributed by atoms with E-state index >= 15 is 0 Å². The summed E-state index contributed by atoms with van der Waals surface area (Å²) in [4.78, 5) is 19.2. The summed E-state index contributed by atoms with van der Waals surface area (Å²) in [5.41, 5.74) is 1.15. The van der Waals surface area contributed by atoms with Gasteiger partial charge in [-0.25, -0.2) is 0 Å². The zero-order chi connectivity index (χ0) is 18.0. The summed E-state index contributed by atoms with van der Waals surface area (Å²) in [6.45, 7) is 6.90. The van der Waals surface area contributed by atoms with Gasteiger partial charge in [0.05, 0.1) is 19.8 Å². The lowest BCUT2D eigenvalue weighted by Gasteiger charge is -2.39. The van der Waals surface area contributed by atoms with Crippen LogP contribution >= 0.6 is 11.6 Å². The van der Waals surface area contributed by atoms with Gasteiger partial charge in [0, 0.05) is 62.8 Å². The number of rotatable bonds is 3. The molecule has 1 spiro atoms. The summed E-state index contributed by atoms with van der Waals surface area (Å²) >= 11 is 6.09. The Balaban J connectivity index is 1.23. The van der Waals surface area contributed by atoms with Gasteiger partial charge in [0.25, 0.3) is 0 Å². The van der Waals surface area contributed by atoms with Gasteiger partial charge in [-0.15, -0.1) is 0 Å². The monoisotopic (exact) mass is 379 g/mol. The molecule has 3 heterocycles. The summed E-state index contributed by atoms with van der Waals surface area (Å²) < 4.78 is 11.5. The van der Waals surface area contributed by atoms with E-state index in [0.717, 1.165) is 62.8 Å². The number of halogens is 1. The van der Waals surface area contributed by atoms with Crippen molar-refractivity contribution in [2.75, 3.05) is 63.9 Å². The number of benzene rings is 1. The first-order chi connectivity index (χ1) is 12.6. The molecule has 142 valence electrons. The van der Waals surface area contributed by atoms with Crippen molar-refractivity contribution < 1.29 is 14.3 Å². The maximum Gasteiger partial charge on any atom is 0.236 e. The third-order valence-corrected chi connectivity index (χ3v) is 5.83. The van der Waals surface area contributed by atoms with Crippen molar-refractivity contribution in [2.24, 2.45) is 0 Å². The molecule has 4 rings (SSSR count). The number of likely N-dealkylation sites (tertiary alicyclic amines) is 1. The number of nitrogens with zero attached hydrogens (tertiary/aromatic N) is 3. The standard InChI is InChI=1S/C19H26ClN3O3/c20-16-2-1-3-17(14-16)22-10-8-21(9-11-22)15-18(24)23-6-4-19(5-7-23)25-12-13-26-19/h1-3,14H,4-13,15H2. The molecule has 1 aromatic rings. The minimum Gasteiger partial charge on any atom is -0.369 e. The van der Waals surface area contributed by atoms with Crippen LogP contribution in [0.15, 0.2) is 24.3 Å². The molecule has 3 saturated heterocycles. The van der Waals surface area contributed by atoms with Crippen LogP contribution in [0.1, 0.15) is 12.8 Å². The normalized spacial score (nSPS) is 23.6. The zero-order valence-electron chi connectivity index (χ0n) is 15.0. The van der Waals surface area contributed by atoms with Gasteiger partial charge in [-0.3, -0.25) is 9.69 Å². The van der Waals surface area contributed by atoms with Crippen molar-refractivity contribution in [3.05, 3.63) is 29.3 Å². The van der Waals surface area contributed by atoms with Crippen LogP contribution in [0.25, 0.3) is 0 Å². The van der Waals surface area contributed by atoms with Crippen LogP contribution in [0.4, 0.5) is 5.69 Å². The Bertz CT molecular complexity index is 633. The third-order valence-electron chi connectivity index (χ3n) is 5.60. The molecule has 26 heavy (non-hydrogen) atoms. The molecule has 1 aromatic carbocycles. The fourth-order valence-corrected chi connectivity index (χ4v) is 4.20. The molecule has 3 aliphatic heterocycles. The second kappa shape index (κ2) is 7.72. The number of carbonyl (C=O) groups excluding carboxylic acids is 1. The third kappa shape index (κ3) is 3.98. The SMILES string of the molecule is O=C(CN1CCN(c2cccc(Cl)c2)CC1)N1CCC2(CC1)OCCO2. The number of ether oxygens (including phenoxy) is 2. The molecule has 6 nitrogen and oxygen atoms in total. The van der Waals surface area contributed by atoms with Crippen LogP contribution in [0, 0.1) is 0 Å². The minimum atomic E-state index is -0.417. The van der Waals surface area contributed by atoms with E-state index in [4.69, 9.17) is 21.1 Å². The largest absolute Gasteiger partial charge is 0.369 e. The number of anilines is 1. The summed E-state index contributed by atoms with van der Waals surface area (Å²) in [6.07, 6.45) is 1.56. The molecule has 3 fully saturated rings. The highest BCUT2D eigenvalue weighted by molar-refractivity contribution is 6.30. The predicted molar refractivity (Wildman–Crippen MR) is 101 cm³/mol. The van der Waals surface area contributed by atoms with E-state index in [2.05, 4.69) is 15.9 Å². The number of piperazine rings is 1. The Morgan fingerprint density at radius 1 is 1.04 bits per heavy atom.